The van der Waals surface area contributed by atoms with Gasteiger partial charge in [-0.2, -0.15) is 14.4 Å². The zero-order valence-corrected chi connectivity index (χ0v) is 16.8. The van der Waals surface area contributed by atoms with Crippen molar-refractivity contribution in [2.75, 3.05) is 0 Å². The highest BCUT2D eigenvalue weighted by molar-refractivity contribution is 4.97. The van der Waals surface area contributed by atoms with Crippen LogP contribution in [0.3, 0.4) is 0 Å². The normalized spacial score (nSPS) is 11.7. The van der Waals surface area contributed by atoms with E-state index in [1.54, 1.807) is 0 Å². The summed E-state index contributed by atoms with van der Waals surface area (Å²) in [6, 6.07) is 0. The van der Waals surface area contributed by atoms with Gasteiger partial charge in [-0.3, -0.25) is 9.36 Å². The Morgan fingerprint density at radius 3 is 1.97 bits per heavy atom. The van der Waals surface area contributed by atoms with Crippen molar-refractivity contribution in [3.05, 3.63) is 56.3 Å². The molecule has 0 saturated heterocycles. The maximum Gasteiger partial charge on any atom is 0.332 e. The number of rotatable bonds is 8. The van der Waals surface area contributed by atoms with Crippen LogP contribution < -0.4 is 11.2 Å². The van der Waals surface area contributed by atoms with Crippen molar-refractivity contribution in [1.29, 1.82) is 0 Å². The van der Waals surface area contributed by atoms with Crippen LogP contribution in [0, 0.1) is 17.7 Å². The van der Waals surface area contributed by atoms with Crippen LogP contribution in [0.2, 0.25) is 0 Å². The first-order chi connectivity index (χ1) is 13.7. The number of nitrogens with zero attached hydrogens (tertiary/aromatic N) is 6. The Kier molecular flexibility index (Phi) is 6.04. The fourth-order valence-corrected chi connectivity index (χ4v) is 2.76. The summed E-state index contributed by atoms with van der Waals surface area (Å²) in [7, 11) is 0. The van der Waals surface area contributed by atoms with E-state index in [1.807, 2.05) is 27.7 Å². The van der Waals surface area contributed by atoms with Crippen LogP contribution in [0.1, 0.15) is 51.1 Å². The molecule has 0 aliphatic rings. The Bertz CT molecular complexity index is 1090. The third kappa shape index (κ3) is 5.04. The van der Waals surface area contributed by atoms with Crippen molar-refractivity contribution >= 4 is 0 Å². The predicted molar refractivity (Wildman–Crippen MR) is 98.8 cm³/mol. The number of hydrogen-bond donors (Lipinski definition) is 0. The summed E-state index contributed by atoms with van der Waals surface area (Å²) in [4.78, 5) is 33.2. The number of aromatic nitrogens is 6. The minimum atomic E-state index is -1.09. The molecule has 0 aliphatic heterocycles. The lowest BCUT2D eigenvalue weighted by molar-refractivity contribution is 0.348. The van der Waals surface area contributed by atoms with E-state index in [9.17, 15) is 14.0 Å². The molecule has 0 atom stereocenters. The highest BCUT2D eigenvalue weighted by Gasteiger charge is 2.17. The molecule has 0 spiro atoms. The first-order valence-electron chi connectivity index (χ1n) is 9.35. The highest BCUT2D eigenvalue weighted by Crippen LogP contribution is 2.07. The van der Waals surface area contributed by atoms with Gasteiger partial charge in [0.1, 0.15) is 13.1 Å². The summed E-state index contributed by atoms with van der Waals surface area (Å²) >= 11 is 0. The average molecular weight is 406 g/mol. The molecule has 156 valence electrons. The van der Waals surface area contributed by atoms with Crippen LogP contribution in [-0.2, 0) is 25.9 Å². The second kappa shape index (κ2) is 8.50. The molecule has 0 unspecified atom stereocenters. The van der Waals surface area contributed by atoms with Gasteiger partial charge in [0.2, 0.25) is 17.6 Å². The number of halogens is 1. The van der Waals surface area contributed by atoms with E-state index < -0.39 is 17.1 Å². The van der Waals surface area contributed by atoms with Crippen molar-refractivity contribution in [3.8, 4) is 0 Å². The van der Waals surface area contributed by atoms with Crippen LogP contribution in [-0.4, -0.2) is 29.4 Å². The summed E-state index contributed by atoms with van der Waals surface area (Å²) in [6.45, 7) is 7.52. The molecular formula is C18H23FN6O4. The first kappa shape index (κ1) is 20.6. The quantitative estimate of drug-likeness (QED) is 0.550. The van der Waals surface area contributed by atoms with Gasteiger partial charge in [-0.25, -0.2) is 9.36 Å². The Balaban J connectivity index is 1.86. The van der Waals surface area contributed by atoms with Gasteiger partial charge in [0, 0.05) is 12.8 Å². The molecule has 0 aliphatic carbocycles. The average Bonchev–Trinajstić information content (AvgIpc) is 3.25. The van der Waals surface area contributed by atoms with Crippen molar-refractivity contribution in [2.24, 2.45) is 11.8 Å². The molecule has 0 aromatic carbocycles. The maximum atomic E-state index is 14.2. The third-order valence-corrected chi connectivity index (χ3v) is 4.00. The summed E-state index contributed by atoms with van der Waals surface area (Å²) in [5.41, 5.74) is -1.82. The molecule has 0 radical (unpaired) electrons. The molecule has 0 N–H and O–H groups in total. The summed E-state index contributed by atoms with van der Waals surface area (Å²) in [6.07, 6.45) is 2.02. The van der Waals surface area contributed by atoms with E-state index in [0.717, 1.165) is 10.8 Å². The Morgan fingerprint density at radius 1 is 0.931 bits per heavy atom. The lowest BCUT2D eigenvalue weighted by Crippen LogP contribution is -2.41. The van der Waals surface area contributed by atoms with Crippen molar-refractivity contribution < 1.29 is 13.4 Å². The van der Waals surface area contributed by atoms with Crippen LogP contribution in [0.15, 0.2) is 24.8 Å². The topological polar surface area (TPSA) is 122 Å². The lowest BCUT2D eigenvalue weighted by atomic mass is 10.1. The maximum absolute atomic E-state index is 14.2. The van der Waals surface area contributed by atoms with Gasteiger partial charge in [0.25, 0.3) is 5.56 Å². The van der Waals surface area contributed by atoms with Crippen LogP contribution >= 0.6 is 0 Å². The van der Waals surface area contributed by atoms with Crippen molar-refractivity contribution in [3.63, 3.8) is 0 Å². The van der Waals surface area contributed by atoms with Gasteiger partial charge in [-0.05, 0) is 11.8 Å². The van der Waals surface area contributed by atoms with Crippen LogP contribution in [0.5, 0.6) is 0 Å². The molecule has 0 bridgehead atoms. The summed E-state index contributed by atoms with van der Waals surface area (Å²) in [5, 5.41) is 7.65. The fourth-order valence-electron chi connectivity index (χ4n) is 2.76. The minimum Gasteiger partial charge on any atom is -0.337 e. The molecule has 10 nitrogen and oxygen atoms in total. The minimum absolute atomic E-state index is 0.0500. The highest BCUT2D eigenvalue weighted by atomic mass is 19.1. The van der Waals surface area contributed by atoms with E-state index in [-0.39, 0.29) is 24.9 Å². The van der Waals surface area contributed by atoms with Gasteiger partial charge in [-0.15, -0.1) is 0 Å². The molecule has 0 saturated carbocycles. The molecule has 0 fully saturated rings. The van der Waals surface area contributed by atoms with Crippen LogP contribution in [0.25, 0.3) is 0 Å². The molecule has 3 aromatic rings. The van der Waals surface area contributed by atoms with Crippen LogP contribution in [0.4, 0.5) is 4.39 Å². The summed E-state index contributed by atoms with van der Waals surface area (Å²) in [5.74, 6) is 0.706. The molecule has 11 heteroatoms. The van der Waals surface area contributed by atoms with E-state index in [1.165, 1.54) is 0 Å². The molecule has 3 rings (SSSR count). The van der Waals surface area contributed by atoms with Crippen molar-refractivity contribution in [1.82, 2.24) is 29.4 Å². The van der Waals surface area contributed by atoms with Gasteiger partial charge < -0.3 is 9.05 Å². The van der Waals surface area contributed by atoms with E-state index in [2.05, 4.69) is 20.3 Å². The van der Waals surface area contributed by atoms with E-state index in [0.29, 0.717) is 40.9 Å². The van der Waals surface area contributed by atoms with Gasteiger partial charge in [0.05, 0.1) is 6.20 Å². The third-order valence-electron chi connectivity index (χ3n) is 4.00. The molecular weight excluding hydrogens is 383 g/mol. The molecule has 3 heterocycles. The van der Waals surface area contributed by atoms with Gasteiger partial charge in [0.15, 0.2) is 11.6 Å². The fraction of sp³-hybridized carbons (Fsp3) is 0.556. The first-order valence-corrected chi connectivity index (χ1v) is 9.35. The molecule has 0 amide bonds. The Labute approximate surface area is 165 Å². The second-order valence-electron chi connectivity index (χ2n) is 7.68. The zero-order chi connectivity index (χ0) is 21.1. The van der Waals surface area contributed by atoms with Gasteiger partial charge in [-0.1, -0.05) is 38.0 Å². The smallest absolute Gasteiger partial charge is 0.332 e. The SMILES string of the molecule is CC(C)Cc1noc(Cn2cc(F)c(=O)n(Cc3nc(CC(C)C)no3)c2=O)n1. The van der Waals surface area contributed by atoms with Gasteiger partial charge >= 0.3 is 5.69 Å². The predicted octanol–water partition coefficient (Wildman–Crippen LogP) is 1.41. The van der Waals surface area contributed by atoms with E-state index in [4.69, 9.17) is 9.05 Å². The van der Waals surface area contributed by atoms with Crippen molar-refractivity contribution in [2.45, 2.75) is 53.6 Å². The summed E-state index contributed by atoms with van der Waals surface area (Å²) < 4.78 is 26.1. The molecule has 3 aromatic heterocycles. The molecule has 29 heavy (non-hydrogen) atoms. The van der Waals surface area contributed by atoms with E-state index >= 15 is 0 Å². The largest absolute Gasteiger partial charge is 0.337 e. The lowest BCUT2D eigenvalue weighted by Gasteiger charge is -2.07. The monoisotopic (exact) mass is 406 g/mol. The second-order valence-corrected chi connectivity index (χ2v) is 7.68. The Morgan fingerprint density at radius 2 is 1.45 bits per heavy atom. The number of hydrogen-bond acceptors (Lipinski definition) is 8. The Hall–Kier alpha value is -3.11. The zero-order valence-electron chi connectivity index (χ0n) is 16.8. The standard InChI is InChI=1S/C18H23FN6O4/c1-10(2)5-13-20-15(28-22-13)8-24-7-12(19)17(26)25(18(24)27)9-16-21-14(23-29-16)6-11(3)4/h7,10-11H,5-6,8-9H2,1-4H3.